The Bertz CT molecular complexity index is 677. The van der Waals surface area contributed by atoms with Gasteiger partial charge in [-0.1, -0.05) is 27.7 Å². The van der Waals surface area contributed by atoms with Crippen LogP contribution < -0.4 is 5.32 Å². The van der Waals surface area contributed by atoms with Crippen LogP contribution in [0.4, 0.5) is 5.82 Å². The van der Waals surface area contributed by atoms with Crippen LogP contribution in [0.5, 0.6) is 0 Å². The van der Waals surface area contributed by atoms with E-state index in [0.717, 1.165) is 23.3 Å². The van der Waals surface area contributed by atoms with Gasteiger partial charge in [-0.15, -0.1) is 11.3 Å². The van der Waals surface area contributed by atoms with E-state index in [4.69, 9.17) is 0 Å². The van der Waals surface area contributed by atoms with Gasteiger partial charge < -0.3 is 10.4 Å². The van der Waals surface area contributed by atoms with Crippen LogP contribution >= 0.6 is 11.3 Å². The van der Waals surface area contributed by atoms with E-state index < -0.39 is 5.97 Å². The highest BCUT2D eigenvalue weighted by Crippen LogP contribution is 2.34. The second-order valence-corrected chi connectivity index (χ2v) is 7.26. The summed E-state index contributed by atoms with van der Waals surface area (Å²) in [5.74, 6) is 0.333. The SMILES string of the molecule is Cc1c(C(=O)O)sc2ncnc(NCC(C)(C)C(C)C)c12. The molecule has 0 aliphatic heterocycles. The number of carboxylic acids is 1. The summed E-state index contributed by atoms with van der Waals surface area (Å²) < 4.78 is 0. The molecule has 0 saturated heterocycles. The minimum absolute atomic E-state index is 0.122. The average Bonchev–Trinajstić information content (AvgIpc) is 2.74. The van der Waals surface area contributed by atoms with Crippen LogP contribution in [0.3, 0.4) is 0 Å². The van der Waals surface area contributed by atoms with Crippen molar-refractivity contribution < 1.29 is 9.90 Å². The molecule has 2 rings (SSSR count). The number of nitrogens with zero attached hydrogens (tertiary/aromatic N) is 2. The normalized spacial score (nSPS) is 12.1. The van der Waals surface area contributed by atoms with E-state index in [2.05, 4.69) is 43.0 Å². The number of aromatic nitrogens is 2. The maximum absolute atomic E-state index is 11.3. The van der Waals surface area contributed by atoms with E-state index in [0.29, 0.717) is 15.6 Å². The molecule has 2 N–H and O–H groups in total. The third-order valence-corrected chi connectivity index (χ3v) is 5.38. The summed E-state index contributed by atoms with van der Waals surface area (Å²) in [6, 6.07) is 0. The fourth-order valence-corrected chi connectivity index (χ4v) is 2.91. The van der Waals surface area contributed by atoms with E-state index in [1.54, 1.807) is 0 Å². The first-order chi connectivity index (χ1) is 9.74. The number of carboxylic acid groups (broad SMARTS) is 1. The molecule has 0 saturated carbocycles. The first kappa shape index (κ1) is 15.7. The van der Waals surface area contributed by atoms with Crippen molar-refractivity contribution in [2.45, 2.75) is 34.6 Å². The van der Waals surface area contributed by atoms with E-state index in [1.807, 2.05) is 6.92 Å². The molecular weight excluding hydrogens is 286 g/mol. The lowest BCUT2D eigenvalue weighted by molar-refractivity contribution is 0.0701. The molecule has 2 aromatic heterocycles. The largest absolute Gasteiger partial charge is 0.477 e. The van der Waals surface area contributed by atoms with Crippen molar-refractivity contribution in [1.82, 2.24) is 9.97 Å². The summed E-state index contributed by atoms with van der Waals surface area (Å²) in [4.78, 5) is 20.8. The highest BCUT2D eigenvalue weighted by molar-refractivity contribution is 7.20. The first-order valence-corrected chi connectivity index (χ1v) is 7.77. The summed E-state index contributed by atoms with van der Waals surface area (Å²) in [6.07, 6.45) is 1.48. The third-order valence-electron chi connectivity index (χ3n) is 4.20. The van der Waals surface area contributed by atoms with Gasteiger partial charge in [0.25, 0.3) is 0 Å². The Morgan fingerprint density at radius 3 is 2.67 bits per heavy atom. The molecule has 2 heterocycles. The lowest BCUT2D eigenvalue weighted by Crippen LogP contribution is -2.28. The van der Waals surface area contributed by atoms with Crippen LogP contribution in [0.2, 0.25) is 0 Å². The Hall–Kier alpha value is -1.69. The molecule has 2 aromatic rings. The number of aryl methyl sites for hydroxylation is 1. The van der Waals surface area contributed by atoms with Crippen molar-refractivity contribution in [1.29, 1.82) is 0 Å². The number of hydrogen-bond donors (Lipinski definition) is 2. The standard InChI is InChI=1S/C15H21N3O2S/c1-8(2)15(4,5)6-16-12-10-9(3)11(14(19)20)21-13(10)18-7-17-12/h7-8H,6H2,1-5H3,(H,19,20)(H,16,17,18). The molecule has 0 aromatic carbocycles. The van der Waals surface area contributed by atoms with Gasteiger partial charge in [-0.2, -0.15) is 0 Å². The van der Waals surface area contributed by atoms with Gasteiger partial charge in [0.05, 0.1) is 5.39 Å². The summed E-state index contributed by atoms with van der Waals surface area (Å²) in [5, 5.41) is 13.4. The lowest BCUT2D eigenvalue weighted by Gasteiger charge is -2.29. The molecule has 0 radical (unpaired) electrons. The Morgan fingerprint density at radius 1 is 1.43 bits per heavy atom. The third kappa shape index (κ3) is 3.00. The number of rotatable bonds is 5. The molecule has 6 heteroatoms. The van der Waals surface area contributed by atoms with E-state index in [-0.39, 0.29) is 5.41 Å². The van der Waals surface area contributed by atoms with Crippen molar-refractivity contribution in [2.24, 2.45) is 11.3 Å². The highest BCUT2D eigenvalue weighted by atomic mass is 32.1. The number of aromatic carboxylic acids is 1. The Labute approximate surface area is 128 Å². The van der Waals surface area contributed by atoms with E-state index in [9.17, 15) is 9.90 Å². The second kappa shape index (κ2) is 5.60. The zero-order chi connectivity index (χ0) is 15.8. The van der Waals surface area contributed by atoms with Crippen LogP contribution in [0.25, 0.3) is 10.2 Å². The monoisotopic (exact) mass is 307 g/mol. The van der Waals surface area contributed by atoms with Crippen LogP contribution in [-0.4, -0.2) is 27.6 Å². The topological polar surface area (TPSA) is 75.1 Å². The van der Waals surface area contributed by atoms with Gasteiger partial charge in [-0.25, -0.2) is 14.8 Å². The van der Waals surface area contributed by atoms with E-state index in [1.165, 1.54) is 17.7 Å². The molecule has 114 valence electrons. The number of fused-ring (bicyclic) bond motifs is 1. The summed E-state index contributed by atoms with van der Waals surface area (Å²) >= 11 is 1.20. The Morgan fingerprint density at radius 2 is 2.10 bits per heavy atom. The van der Waals surface area contributed by atoms with Crippen LogP contribution in [-0.2, 0) is 0 Å². The molecule has 0 bridgehead atoms. The fraction of sp³-hybridized carbons (Fsp3) is 0.533. The predicted octanol–water partition coefficient (Wildman–Crippen LogP) is 3.79. The van der Waals surface area contributed by atoms with E-state index >= 15 is 0 Å². The Kier molecular flexibility index (Phi) is 4.18. The minimum atomic E-state index is -0.913. The maximum atomic E-state index is 11.3. The average molecular weight is 307 g/mol. The molecule has 21 heavy (non-hydrogen) atoms. The molecule has 0 fully saturated rings. The smallest absolute Gasteiger partial charge is 0.346 e. The van der Waals surface area contributed by atoms with Crippen LogP contribution in [0, 0.1) is 18.3 Å². The summed E-state index contributed by atoms with van der Waals surface area (Å²) in [6.45, 7) is 11.4. The fourth-order valence-electron chi connectivity index (χ4n) is 1.93. The van der Waals surface area contributed by atoms with Gasteiger partial charge in [0, 0.05) is 6.54 Å². The van der Waals surface area contributed by atoms with Gasteiger partial charge in [-0.05, 0) is 23.8 Å². The summed E-state index contributed by atoms with van der Waals surface area (Å²) in [7, 11) is 0. The Balaban J connectivity index is 2.39. The molecule has 0 unspecified atom stereocenters. The zero-order valence-corrected chi connectivity index (χ0v) is 13.8. The van der Waals surface area contributed by atoms with Crippen molar-refractivity contribution in [2.75, 3.05) is 11.9 Å². The van der Waals surface area contributed by atoms with Crippen molar-refractivity contribution in [3.05, 3.63) is 16.8 Å². The zero-order valence-electron chi connectivity index (χ0n) is 13.0. The second-order valence-electron chi connectivity index (χ2n) is 6.26. The molecule has 5 nitrogen and oxygen atoms in total. The number of anilines is 1. The van der Waals surface area contributed by atoms with Crippen molar-refractivity contribution >= 4 is 33.3 Å². The molecule has 0 amide bonds. The predicted molar refractivity (Wildman–Crippen MR) is 86.2 cm³/mol. The van der Waals surface area contributed by atoms with Gasteiger partial charge in [-0.3, -0.25) is 0 Å². The van der Waals surface area contributed by atoms with Gasteiger partial charge in [0.1, 0.15) is 21.9 Å². The highest BCUT2D eigenvalue weighted by Gasteiger charge is 2.24. The molecule has 0 atom stereocenters. The summed E-state index contributed by atoms with van der Waals surface area (Å²) in [5.41, 5.74) is 0.851. The van der Waals surface area contributed by atoms with Crippen LogP contribution in [0.15, 0.2) is 6.33 Å². The van der Waals surface area contributed by atoms with Crippen LogP contribution in [0.1, 0.15) is 42.9 Å². The molecule has 0 aliphatic carbocycles. The van der Waals surface area contributed by atoms with Crippen molar-refractivity contribution in [3.8, 4) is 0 Å². The number of carbonyl (C=O) groups is 1. The quantitative estimate of drug-likeness (QED) is 0.879. The molecule has 0 aliphatic rings. The number of nitrogens with one attached hydrogen (secondary N) is 1. The molecular formula is C15H21N3O2S. The van der Waals surface area contributed by atoms with Gasteiger partial charge in [0.2, 0.25) is 0 Å². The minimum Gasteiger partial charge on any atom is -0.477 e. The van der Waals surface area contributed by atoms with Gasteiger partial charge in [0.15, 0.2) is 0 Å². The maximum Gasteiger partial charge on any atom is 0.346 e. The lowest BCUT2D eigenvalue weighted by atomic mass is 9.81. The number of thiophene rings is 1. The molecule has 0 spiro atoms. The van der Waals surface area contributed by atoms with Crippen molar-refractivity contribution in [3.63, 3.8) is 0 Å². The first-order valence-electron chi connectivity index (χ1n) is 6.95. The van der Waals surface area contributed by atoms with Gasteiger partial charge >= 0.3 is 5.97 Å². The number of hydrogen-bond acceptors (Lipinski definition) is 5.